The lowest BCUT2D eigenvalue weighted by molar-refractivity contribution is -0.659. The van der Waals surface area contributed by atoms with E-state index in [4.69, 9.17) is 7.73 Å². The minimum atomic E-state index is -0.836. The molecule has 6 rings (SSSR count). The Morgan fingerprint density at radius 2 is 1.66 bits per heavy atom. The number of aromatic nitrogens is 4. The third kappa shape index (κ3) is 3.19. The van der Waals surface area contributed by atoms with E-state index in [0.29, 0.717) is 0 Å². The van der Waals surface area contributed by atoms with E-state index in [1.807, 2.05) is 45.9 Å². The monoisotopic (exact) mass is 463 g/mol. The molecule has 4 nitrogen and oxygen atoms in total. The van der Waals surface area contributed by atoms with Crippen molar-refractivity contribution in [3.05, 3.63) is 95.1 Å². The Labute approximate surface area is 210 Å². The molecule has 0 saturated heterocycles. The van der Waals surface area contributed by atoms with Gasteiger partial charge >= 0.3 is 0 Å². The van der Waals surface area contributed by atoms with Crippen LogP contribution in [0.2, 0.25) is 0 Å². The first-order valence-corrected chi connectivity index (χ1v) is 12.3. The normalized spacial score (nSPS) is 14.1. The number of nitrogens with zero attached hydrogens (tertiary/aromatic N) is 4. The van der Waals surface area contributed by atoms with Crippen molar-refractivity contribution in [3.63, 3.8) is 0 Å². The van der Waals surface area contributed by atoms with Crippen LogP contribution in [0.15, 0.2) is 67.0 Å². The molecular formula is C31H33N4+. The minimum Gasteiger partial charge on any atom is -0.296 e. The molecule has 0 atom stereocenters. The van der Waals surface area contributed by atoms with E-state index in [0.717, 1.165) is 57.0 Å². The predicted octanol–water partition coefficient (Wildman–Crippen LogP) is 6.77. The molecule has 0 N–H and O–H groups in total. The Balaban J connectivity index is 1.68. The van der Waals surface area contributed by atoms with Crippen LogP contribution in [0.1, 0.15) is 70.3 Å². The molecule has 0 spiro atoms. The summed E-state index contributed by atoms with van der Waals surface area (Å²) < 4.78 is 24.5. The van der Waals surface area contributed by atoms with Gasteiger partial charge in [-0.3, -0.25) is 4.57 Å². The standard InChI is InChI=1S/C31H33N4/c1-19(2)23-11-9-12-24(20(3)4)30(23)34-17-16-33(6)31(34)28-21(5)14-15-26-29(28)32-27-18-22-10-7-8-13-25(22)35(26)27/h7-17,19-20H,18H2,1-6H3/q+1/i19D,20D. The van der Waals surface area contributed by atoms with Crippen molar-refractivity contribution in [1.29, 1.82) is 0 Å². The number of hydrogen-bond acceptors (Lipinski definition) is 1. The van der Waals surface area contributed by atoms with Crippen LogP contribution < -0.4 is 4.57 Å². The molecule has 3 aromatic carbocycles. The lowest BCUT2D eigenvalue weighted by Gasteiger charge is -2.18. The second-order valence-electron chi connectivity index (χ2n) is 10.1. The van der Waals surface area contributed by atoms with Crippen LogP contribution in [-0.2, 0) is 13.5 Å². The highest BCUT2D eigenvalue weighted by Gasteiger charge is 2.31. The summed E-state index contributed by atoms with van der Waals surface area (Å²) in [5.41, 5.74) is 9.51. The smallest absolute Gasteiger partial charge is 0.296 e. The van der Waals surface area contributed by atoms with Crippen LogP contribution >= 0.6 is 0 Å². The molecule has 176 valence electrons. The van der Waals surface area contributed by atoms with E-state index in [1.165, 1.54) is 11.3 Å². The van der Waals surface area contributed by atoms with E-state index in [-0.39, 0.29) is 0 Å². The van der Waals surface area contributed by atoms with E-state index >= 15 is 0 Å². The molecule has 0 fully saturated rings. The number of benzene rings is 3. The van der Waals surface area contributed by atoms with Gasteiger partial charge in [0.05, 0.1) is 23.8 Å². The number of para-hydroxylation sites is 2. The summed E-state index contributed by atoms with van der Waals surface area (Å²) >= 11 is 0. The van der Waals surface area contributed by atoms with Crippen LogP contribution in [0.4, 0.5) is 0 Å². The zero-order valence-corrected chi connectivity index (χ0v) is 21.3. The SMILES string of the molecule is [2H]C(C)(C)c1cccc(C([2H])(C)C)c1-n1cc[n+](C)c1-c1c(C)ccc2c1nc1n2-c2ccccc2C1. The van der Waals surface area contributed by atoms with Gasteiger partial charge in [0.2, 0.25) is 0 Å². The molecule has 0 bridgehead atoms. The van der Waals surface area contributed by atoms with Gasteiger partial charge in [0.15, 0.2) is 0 Å². The van der Waals surface area contributed by atoms with Crippen molar-refractivity contribution in [1.82, 2.24) is 14.1 Å². The van der Waals surface area contributed by atoms with Gasteiger partial charge in [-0.05, 0) is 42.0 Å². The number of rotatable bonds is 4. The second kappa shape index (κ2) is 7.94. The number of aryl methyl sites for hydroxylation is 2. The Hall–Kier alpha value is -3.66. The van der Waals surface area contributed by atoms with Gasteiger partial charge in [-0.2, -0.15) is 4.57 Å². The maximum Gasteiger partial charge on any atom is 0.296 e. The number of fused-ring (bicyclic) bond motifs is 5. The molecule has 2 aromatic heterocycles. The van der Waals surface area contributed by atoms with Gasteiger partial charge in [0.25, 0.3) is 5.82 Å². The largest absolute Gasteiger partial charge is 0.296 e. The number of imidazole rings is 2. The van der Waals surface area contributed by atoms with Crippen molar-refractivity contribution < 1.29 is 7.31 Å². The van der Waals surface area contributed by atoms with E-state index in [2.05, 4.69) is 76.5 Å². The average Bonchev–Trinajstić information content (AvgIpc) is 3.49. The summed E-state index contributed by atoms with van der Waals surface area (Å²) in [7, 11) is 2.06. The quantitative estimate of drug-likeness (QED) is 0.265. The molecule has 0 unspecified atom stereocenters. The van der Waals surface area contributed by atoms with Crippen LogP contribution in [0.5, 0.6) is 0 Å². The van der Waals surface area contributed by atoms with Gasteiger partial charge < -0.3 is 0 Å². The minimum absolute atomic E-state index is 0.823. The molecule has 3 heterocycles. The summed E-state index contributed by atoms with van der Waals surface area (Å²) in [5.74, 6) is 0.383. The molecule has 1 aliphatic heterocycles. The maximum absolute atomic E-state index is 8.96. The first kappa shape index (κ1) is 19.6. The molecule has 0 radical (unpaired) electrons. The third-order valence-electron chi connectivity index (χ3n) is 7.27. The molecule has 0 saturated carbocycles. The van der Waals surface area contributed by atoms with Gasteiger partial charge in [0, 0.05) is 20.3 Å². The highest BCUT2D eigenvalue weighted by Crippen LogP contribution is 2.39. The van der Waals surface area contributed by atoms with Gasteiger partial charge in [-0.15, -0.1) is 0 Å². The van der Waals surface area contributed by atoms with E-state index in [1.54, 1.807) is 0 Å². The van der Waals surface area contributed by atoms with Crippen LogP contribution in [0, 0.1) is 6.92 Å². The van der Waals surface area contributed by atoms with Crippen molar-refractivity contribution >= 4 is 11.0 Å². The summed E-state index contributed by atoms with van der Waals surface area (Å²) in [6.07, 6.45) is 4.94. The molecule has 0 aliphatic carbocycles. The molecular weight excluding hydrogens is 428 g/mol. The molecule has 35 heavy (non-hydrogen) atoms. The zero-order chi connectivity index (χ0) is 26.3. The Bertz CT molecular complexity index is 1660. The lowest BCUT2D eigenvalue weighted by atomic mass is 9.92. The van der Waals surface area contributed by atoms with Gasteiger partial charge in [-0.25, -0.2) is 9.55 Å². The molecule has 4 heteroatoms. The summed E-state index contributed by atoms with van der Waals surface area (Å²) in [4.78, 5) is 5.21. The molecule has 5 aromatic rings. The van der Waals surface area contributed by atoms with E-state index < -0.39 is 11.8 Å². The lowest BCUT2D eigenvalue weighted by Crippen LogP contribution is -2.29. The van der Waals surface area contributed by atoms with Crippen LogP contribution in [-0.4, -0.2) is 14.1 Å². The average molecular weight is 464 g/mol. The Morgan fingerprint density at radius 3 is 2.37 bits per heavy atom. The van der Waals surface area contributed by atoms with Crippen molar-refractivity contribution in [2.45, 2.75) is 52.8 Å². The second-order valence-corrected chi connectivity index (χ2v) is 10.1. The van der Waals surface area contributed by atoms with Gasteiger partial charge in [0.1, 0.15) is 29.4 Å². The summed E-state index contributed by atoms with van der Waals surface area (Å²) in [5, 5.41) is 0. The summed E-state index contributed by atoms with van der Waals surface area (Å²) in [6, 6.07) is 18.9. The predicted molar refractivity (Wildman–Crippen MR) is 143 cm³/mol. The maximum atomic E-state index is 8.96. The first-order chi connectivity index (χ1) is 17.5. The van der Waals surface area contributed by atoms with Crippen molar-refractivity contribution in [2.24, 2.45) is 7.05 Å². The fourth-order valence-electron chi connectivity index (χ4n) is 5.58. The Kier molecular flexibility index (Phi) is 4.45. The van der Waals surface area contributed by atoms with Crippen molar-refractivity contribution in [2.75, 3.05) is 0 Å². The zero-order valence-electron chi connectivity index (χ0n) is 23.3. The third-order valence-corrected chi connectivity index (χ3v) is 7.27. The van der Waals surface area contributed by atoms with Crippen LogP contribution in [0.3, 0.4) is 0 Å². The fourth-order valence-corrected chi connectivity index (χ4v) is 5.58. The van der Waals surface area contributed by atoms with Gasteiger partial charge in [-0.1, -0.05) is 70.2 Å². The molecule has 0 amide bonds. The van der Waals surface area contributed by atoms with Crippen LogP contribution in [0.25, 0.3) is 33.8 Å². The highest BCUT2D eigenvalue weighted by atomic mass is 15.2. The molecule has 1 aliphatic rings. The summed E-state index contributed by atoms with van der Waals surface area (Å²) in [6.45, 7) is 9.80. The number of hydrogen-bond donors (Lipinski definition) is 0. The first-order valence-electron chi connectivity index (χ1n) is 13.3. The Morgan fingerprint density at radius 1 is 0.943 bits per heavy atom. The highest BCUT2D eigenvalue weighted by molar-refractivity contribution is 5.94. The van der Waals surface area contributed by atoms with E-state index in [9.17, 15) is 0 Å². The topological polar surface area (TPSA) is 26.6 Å². The van der Waals surface area contributed by atoms with Crippen molar-refractivity contribution in [3.8, 4) is 22.8 Å². The fraction of sp³-hybridized carbons (Fsp3) is 0.290.